The second-order valence-corrected chi connectivity index (χ2v) is 7.47. The minimum Gasteiger partial charge on any atom is -0.348 e. The van der Waals surface area contributed by atoms with Crippen LogP contribution in [0, 0.1) is 0 Å². The van der Waals surface area contributed by atoms with E-state index in [2.05, 4.69) is 4.98 Å². The van der Waals surface area contributed by atoms with Crippen LogP contribution < -0.4 is 5.44 Å². The Morgan fingerprint density at radius 2 is 1.36 bits per heavy atom. The molecule has 4 nitrogen and oxygen atoms in total. The normalized spacial score (nSPS) is 11.6. The Morgan fingerprint density at radius 1 is 0.840 bits per heavy atom. The van der Waals surface area contributed by atoms with Crippen LogP contribution in [0.5, 0.6) is 0 Å². The van der Waals surface area contributed by atoms with Crippen molar-refractivity contribution in [2.45, 2.75) is 13.8 Å². The van der Waals surface area contributed by atoms with Gasteiger partial charge in [0.25, 0.3) is 0 Å². The monoisotopic (exact) mass is 355 g/mol. The summed E-state index contributed by atoms with van der Waals surface area (Å²) in [5, 5.41) is 0. The van der Waals surface area contributed by atoms with E-state index in [0.29, 0.717) is 18.6 Å². The van der Waals surface area contributed by atoms with Crippen molar-refractivity contribution >= 4 is 13.0 Å². The first-order valence-electron chi connectivity index (χ1n) is 8.41. The van der Waals surface area contributed by atoms with Crippen LogP contribution in [0.3, 0.4) is 0 Å². The summed E-state index contributed by atoms with van der Waals surface area (Å²) in [6, 6.07) is 21.8. The van der Waals surface area contributed by atoms with Gasteiger partial charge in [0.2, 0.25) is 0 Å². The molecule has 0 saturated heterocycles. The summed E-state index contributed by atoms with van der Waals surface area (Å²) in [6.45, 7) is 4.25. The van der Waals surface area contributed by atoms with Crippen LogP contribution in [0.15, 0.2) is 66.7 Å². The fraction of sp³-hybridized carbons (Fsp3) is 0.200. The van der Waals surface area contributed by atoms with Crippen molar-refractivity contribution in [3.05, 3.63) is 66.7 Å². The highest BCUT2D eigenvalue weighted by molar-refractivity contribution is 7.62. The van der Waals surface area contributed by atoms with Crippen LogP contribution in [-0.4, -0.2) is 18.2 Å². The fourth-order valence-electron chi connectivity index (χ4n) is 2.78. The van der Waals surface area contributed by atoms with Gasteiger partial charge in [0.15, 0.2) is 0 Å². The molecule has 0 atom stereocenters. The van der Waals surface area contributed by atoms with E-state index in [0.717, 1.165) is 22.4 Å². The summed E-state index contributed by atoms with van der Waals surface area (Å²) in [4.78, 5) is 3.29. The molecule has 3 aromatic rings. The summed E-state index contributed by atoms with van der Waals surface area (Å²) < 4.78 is 24.5. The van der Waals surface area contributed by atoms with Crippen molar-refractivity contribution in [1.82, 2.24) is 4.98 Å². The van der Waals surface area contributed by atoms with E-state index in [9.17, 15) is 4.57 Å². The molecule has 25 heavy (non-hydrogen) atoms. The van der Waals surface area contributed by atoms with Crippen LogP contribution >= 0.6 is 7.60 Å². The Bertz CT molecular complexity index is 849. The summed E-state index contributed by atoms with van der Waals surface area (Å²) >= 11 is 0. The molecule has 0 aliphatic rings. The van der Waals surface area contributed by atoms with E-state index in [1.807, 2.05) is 80.6 Å². The Balaban J connectivity index is 2.18. The third-order valence-electron chi connectivity index (χ3n) is 3.84. The van der Waals surface area contributed by atoms with Gasteiger partial charge in [-0.05, 0) is 31.0 Å². The van der Waals surface area contributed by atoms with Gasteiger partial charge in [-0.15, -0.1) is 0 Å². The molecule has 1 aromatic heterocycles. The van der Waals surface area contributed by atoms with E-state index in [1.165, 1.54) is 0 Å². The largest absolute Gasteiger partial charge is 0.378 e. The number of nitrogens with one attached hydrogen (secondary N) is 1. The van der Waals surface area contributed by atoms with Gasteiger partial charge in [-0.2, -0.15) is 0 Å². The standard InChI is InChI=1S/C20H22NO3P/c1-3-23-25(22,24-4-2)20-18(16-11-7-5-8-12-16)15-19(21-20)17-13-9-6-10-14-17/h5-15,21H,3-4H2,1-2H3. The quantitative estimate of drug-likeness (QED) is 0.590. The smallest absolute Gasteiger partial charge is 0.348 e. The first-order chi connectivity index (χ1) is 12.2. The number of hydrogen-bond donors (Lipinski definition) is 1. The second-order valence-electron chi connectivity index (χ2n) is 5.51. The molecule has 3 rings (SSSR count). The third kappa shape index (κ3) is 3.77. The van der Waals surface area contributed by atoms with Crippen LogP contribution in [0.1, 0.15) is 13.8 Å². The van der Waals surface area contributed by atoms with Crippen molar-refractivity contribution in [3.8, 4) is 22.4 Å². The average Bonchev–Trinajstić information content (AvgIpc) is 3.10. The molecule has 0 aliphatic carbocycles. The van der Waals surface area contributed by atoms with Crippen LogP contribution in [0.2, 0.25) is 0 Å². The Hall–Kier alpha value is -2.13. The zero-order valence-electron chi connectivity index (χ0n) is 14.4. The summed E-state index contributed by atoms with van der Waals surface area (Å²) in [5.74, 6) is 0. The zero-order valence-corrected chi connectivity index (χ0v) is 15.3. The van der Waals surface area contributed by atoms with Gasteiger partial charge in [0.05, 0.1) is 13.2 Å². The predicted octanol–water partition coefficient (Wildman–Crippen LogP) is 5.24. The van der Waals surface area contributed by atoms with Crippen LogP contribution in [0.4, 0.5) is 0 Å². The lowest BCUT2D eigenvalue weighted by molar-refractivity contribution is 0.229. The van der Waals surface area contributed by atoms with Crippen molar-refractivity contribution < 1.29 is 13.6 Å². The number of aromatic amines is 1. The highest BCUT2D eigenvalue weighted by atomic mass is 31.2. The molecule has 0 fully saturated rings. The van der Waals surface area contributed by atoms with E-state index in [-0.39, 0.29) is 0 Å². The van der Waals surface area contributed by atoms with E-state index in [1.54, 1.807) is 0 Å². The molecule has 0 aliphatic heterocycles. The van der Waals surface area contributed by atoms with Crippen molar-refractivity contribution in [1.29, 1.82) is 0 Å². The molecular formula is C20H22NO3P. The molecule has 0 saturated carbocycles. The first kappa shape index (κ1) is 17.7. The Kier molecular flexibility index (Phi) is 5.54. The van der Waals surface area contributed by atoms with Gasteiger partial charge in [0, 0.05) is 11.3 Å². The zero-order chi connectivity index (χ0) is 17.7. The van der Waals surface area contributed by atoms with Crippen LogP contribution in [0.25, 0.3) is 22.4 Å². The van der Waals surface area contributed by atoms with Gasteiger partial charge in [-0.3, -0.25) is 4.57 Å². The first-order valence-corrected chi connectivity index (χ1v) is 9.95. The Morgan fingerprint density at radius 3 is 1.88 bits per heavy atom. The Labute approximate surface area is 148 Å². The van der Waals surface area contributed by atoms with E-state index >= 15 is 0 Å². The maximum Gasteiger partial charge on any atom is 0.378 e. The number of hydrogen-bond acceptors (Lipinski definition) is 3. The second kappa shape index (κ2) is 7.83. The average molecular weight is 355 g/mol. The minimum atomic E-state index is -3.43. The predicted molar refractivity (Wildman–Crippen MR) is 102 cm³/mol. The summed E-state index contributed by atoms with van der Waals surface area (Å²) in [5.41, 5.74) is 4.21. The fourth-order valence-corrected chi connectivity index (χ4v) is 4.54. The van der Waals surface area contributed by atoms with Gasteiger partial charge in [-0.1, -0.05) is 60.7 Å². The van der Waals surface area contributed by atoms with E-state index < -0.39 is 7.60 Å². The van der Waals surface area contributed by atoms with Gasteiger partial charge in [0.1, 0.15) is 5.44 Å². The van der Waals surface area contributed by atoms with Gasteiger partial charge in [-0.25, -0.2) is 0 Å². The lowest BCUT2D eigenvalue weighted by atomic mass is 10.1. The topological polar surface area (TPSA) is 51.3 Å². The van der Waals surface area contributed by atoms with E-state index in [4.69, 9.17) is 9.05 Å². The molecule has 1 heterocycles. The molecule has 1 N–H and O–H groups in total. The van der Waals surface area contributed by atoms with Gasteiger partial charge < -0.3 is 14.0 Å². The minimum absolute atomic E-state index is 0.311. The molecular weight excluding hydrogens is 333 g/mol. The third-order valence-corrected chi connectivity index (χ3v) is 5.94. The molecule has 2 aromatic carbocycles. The van der Waals surface area contributed by atoms with Crippen molar-refractivity contribution in [3.63, 3.8) is 0 Å². The maximum atomic E-state index is 13.4. The molecule has 0 bridgehead atoms. The van der Waals surface area contributed by atoms with Gasteiger partial charge >= 0.3 is 7.60 Å². The molecule has 130 valence electrons. The highest BCUT2D eigenvalue weighted by Gasteiger charge is 2.32. The number of benzene rings is 2. The lowest BCUT2D eigenvalue weighted by Gasteiger charge is -2.17. The summed E-state index contributed by atoms with van der Waals surface area (Å²) in [7, 11) is -3.43. The highest BCUT2D eigenvalue weighted by Crippen LogP contribution is 2.49. The SMILES string of the molecule is CCOP(=O)(OCC)c1[nH]c(-c2ccccc2)cc1-c1ccccc1. The number of rotatable bonds is 7. The summed E-state index contributed by atoms with van der Waals surface area (Å²) in [6.07, 6.45) is 0. The van der Waals surface area contributed by atoms with Crippen molar-refractivity contribution in [2.75, 3.05) is 13.2 Å². The molecule has 0 unspecified atom stereocenters. The number of H-pyrrole nitrogens is 1. The molecule has 0 amide bonds. The van der Waals surface area contributed by atoms with Crippen molar-refractivity contribution in [2.24, 2.45) is 0 Å². The molecule has 0 radical (unpaired) electrons. The van der Waals surface area contributed by atoms with Crippen LogP contribution in [-0.2, 0) is 13.6 Å². The molecule has 5 heteroatoms. The number of aromatic nitrogens is 1. The maximum absolute atomic E-state index is 13.4. The molecule has 0 spiro atoms. The lowest BCUT2D eigenvalue weighted by Crippen LogP contribution is -2.14.